The highest BCUT2D eigenvalue weighted by molar-refractivity contribution is 14.1. The summed E-state index contributed by atoms with van der Waals surface area (Å²) in [6.45, 7) is 0.719. The number of hydrogen-bond acceptors (Lipinski definition) is 2. The van der Waals surface area contributed by atoms with E-state index < -0.39 is 0 Å². The molecule has 1 saturated carbocycles. The van der Waals surface area contributed by atoms with Crippen molar-refractivity contribution in [2.75, 3.05) is 11.9 Å². The zero-order valence-corrected chi connectivity index (χ0v) is 13.6. The van der Waals surface area contributed by atoms with Crippen LogP contribution in [0, 0.1) is 3.57 Å². The Kier molecular flexibility index (Phi) is 4.89. The number of amides is 1. The van der Waals surface area contributed by atoms with Crippen LogP contribution in [0.25, 0.3) is 0 Å². The van der Waals surface area contributed by atoms with Gasteiger partial charge in [-0.15, -0.1) is 0 Å². The predicted molar refractivity (Wildman–Crippen MR) is 83.3 cm³/mol. The topological polar surface area (TPSA) is 40.5 Å². The molecule has 0 atom stereocenters. The van der Waals surface area contributed by atoms with E-state index in [1.807, 2.05) is 27.5 Å². The zero-order valence-electron chi connectivity index (χ0n) is 9.90. The van der Waals surface area contributed by atoms with Crippen LogP contribution in [0.3, 0.4) is 0 Å². The highest BCUT2D eigenvalue weighted by Gasteiger charge is 2.29. The molecule has 2 rings (SSSR count). The van der Waals surface area contributed by atoms with Crippen molar-refractivity contribution in [2.45, 2.75) is 25.3 Å². The van der Waals surface area contributed by atoms with Crippen LogP contribution in [-0.4, -0.2) is 33.8 Å². The maximum Gasteiger partial charge on any atom is 0.254 e. The van der Waals surface area contributed by atoms with Crippen LogP contribution in [0.5, 0.6) is 5.75 Å². The van der Waals surface area contributed by atoms with E-state index in [4.69, 9.17) is 0 Å². The molecule has 1 aliphatic rings. The highest BCUT2D eigenvalue weighted by Crippen LogP contribution is 2.27. The number of alkyl halides is 1. The van der Waals surface area contributed by atoms with Crippen molar-refractivity contribution in [3.05, 3.63) is 27.3 Å². The summed E-state index contributed by atoms with van der Waals surface area (Å²) in [7, 11) is 0. The van der Waals surface area contributed by atoms with Crippen LogP contribution in [0.15, 0.2) is 18.2 Å². The summed E-state index contributed by atoms with van der Waals surface area (Å²) < 4.78 is 0.764. The molecule has 1 aromatic rings. The van der Waals surface area contributed by atoms with Gasteiger partial charge in [0, 0.05) is 23.5 Å². The molecule has 0 saturated heterocycles. The van der Waals surface area contributed by atoms with E-state index in [1.54, 1.807) is 18.2 Å². The number of rotatable bonds is 4. The first kappa shape index (κ1) is 14.1. The van der Waals surface area contributed by atoms with Crippen molar-refractivity contribution in [1.82, 2.24) is 4.90 Å². The zero-order chi connectivity index (χ0) is 13.1. The van der Waals surface area contributed by atoms with Gasteiger partial charge in [0.25, 0.3) is 5.91 Å². The van der Waals surface area contributed by atoms with Crippen molar-refractivity contribution in [3.8, 4) is 5.75 Å². The molecule has 0 spiro atoms. The van der Waals surface area contributed by atoms with E-state index in [2.05, 4.69) is 15.9 Å². The fourth-order valence-corrected chi connectivity index (χ4v) is 2.77. The van der Waals surface area contributed by atoms with E-state index in [1.165, 1.54) is 6.42 Å². The number of phenolic OH excluding ortho intramolecular Hbond substituents is 1. The molecule has 98 valence electrons. The predicted octanol–water partition coefficient (Wildman–Crippen LogP) is 3.39. The van der Waals surface area contributed by atoms with Gasteiger partial charge in [-0.1, -0.05) is 15.9 Å². The van der Waals surface area contributed by atoms with E-state index in [9.17, 15) is 9.90 Å². The Bertz CT molecular complexity index is 449. The molecule has 1 aromatic carbocycles. The molecule has 0 radical (unpaired) electrons. The lowest BCUT2D eigenvalue weighted by Gasteiger charge is -2.37. The fraction of sp³-hybridized carbons (Fsp3) is 0.462. The van der Waals surface area contributed by atoms with Crippen LogP contribution in [0.2, 0.25) is 0 Å². The number of nitrogens with zero attached hydrogens (tertiary/aromatic N) is 1. The van der Waals surface area contributed by atoms with Gasteiger partial charge in [0.1, 0.15) is 5.75 Å². The number of aromatic hydroxyl groups is 1. The van der Waals surface area contributed by atoms with Gasteiger partial charge in [-0.25, -0.2) is 0 Å². The molecular formula is C13H15BrINO2. The Morgan fingerprint density at radius 3 is 2.72 bits per heavy atom. The molecular weight excluding hydrogens is 409 g/mol. The standard InChI is InChI=1S/C13H15BrINO2/c14-6-7-16(10-2-1-3-10)13(18)9-4-5-11(15)12(17)8-9/h4-5,8,10,17H,1-3,6-7H2. The first-order valence-corrected chi connectivity index (χ1v) is 8.19. The summed E-state index contributed by atoms with van der Waals surface area (Å²) in [5, 5.41) is 10.5. The largest absolute Gasteiger partial charge is 0.507 e. The van der Waals surface area contributed by atoms with E-state index in [-0.39, 0.29) is 11.7 Å². The second-order valence-electron chi connectivity index (χ2n) is 4.44. The van der Waals surface area contributed by atoms with Crippen molar-refractivity contribution >= 4 is 44.4 Å². The van der Waals surface area contributed by atoms with Gasteiger partial charge < -0.3 is 10.0 Å². The quantitative estimate of drug-likeness (QED) is 0.595. The van der Waals surface area contributed by atoms with E-state index in [0.29, 0.717) is 11.6 Å². The lowest BCUT2D eigenvalue weighted by Crippen LogP contribution is -2.45. The molecule has 1 fully saturated rings. The number of halogens is 2. The first-order valence-electron chi connectivity index (χ1n) is 5.99. The van der Waals surface area contributed by atoms with Crippen LogP contribution in [0.1, 0.15) is 29.6 Å². The third kappa shape index (κ3) is 2.99. The molecule has 0 bridgehead atoms. The number of carbonyl (C=O) groups is 1. The number of carbonyl (C=O) groups excluding carboxylic acids is 1. The van der Waals surface area contributed by atoms with Crippen molar-refractivity contribution in [2.24, 2.45) is 0 Å². The summed E-state index contributed by atoms with van der Waals surface area (Å²) in [5.41, 5.74) is 0.570. The molecule has 3 nitrogen and oxygen atoms in total. The average Bonchev–Trinajstić information content (AvgIpc) is 2.29. The molecule has 0 unspecified atom stereocenters. The van der Waals surface area contributed by atoms with Crippen LogP contribution in [0.4, 0.5) is 0 Å². The maximum atomic E-state index is 12.4. The summed E-state index contributed by atoms with van der Waals surface area (Å²) in [6.07, 6.45) is 3.39. The third-order valence-electron chi connectivity index (χ3n) is 3.29. The summed E-state index contributed by atoms with van der Waals surface area (Å²) in [5.74, 6) is 0.194. The molecule has 0 heterocycles. The summed E-state index contributed by atoms with van der Waals surface area (Å²) in [4.78, 5) is 14.3. The van der Waals surface area contributed by atoms with Crippen molar-refractivity contribution in [1.29, 1.82) is 0 Å². The average molecular weight is 424 g/mol. The van der Waals surface area contributed by atoms with Gasteiger partial charge in [-0.3, -0.25) is 4.79 Å². The minimum Gasteiger partial charge on any atom is -0.507 e. The van der Waals surface area contributed by atoms with Gasteiger partial charge in [0.2, 0.25) is 0 Å². The number of phenols is 1. The van der Waals surface area contributed by atoms with Gasteiger partial charge in [-0.05, 0) is 60.1 Å². The minimum absolute atomic E-state index is 0.0193. The van der Waals surface area contributed by atoms with Crippen molar-refractivity contribution < 1.29 is 9.90 Å². The summed E-state index contributed by atoms with van der Waals surface area (Å²) >= 11 is 5.44. The fourth-order valence-electron chi connectivity index (χ4n) is 2.05. The lowest BCUT2D eigenvalue weighted by molar-refractivity contribution is 0.0599. The molecule has 0 aromatic heterocycles. The van der Waals surface area contributed by atoms with Gasteiger partial charge >= 0.3 is 0 Å². The molecule has 5 heteroatoms. The lowest BCUT2D eigenvalue weighted by atomic mass is 9.91. The second kappa shape index (κ2) is 6.23. The Morgan fingerprint density at radius 1 is 1.50 bits per heavy atom. The van der Waals surface area contributed by atoms with Crippen LogP contribution >= 0.6 is 38.5 Å². The van der Waals surface area contributed by atoms with E-state index in [0.717, 1.165) is 28.3 Å². The Hall–Kier alpha value is -0.300. The number of benzene rings is 1. The smallest absolute Gasteiger partial charge is 0.254 e. The Morgan fingerprint density at radius 2 is 2.22 bits per heavy atom. The van der Waals surface area contributed by atoms with Crippen LogP contribution < -0.4 is 0 Å². The van der Waals surface area contributed by atoms with Gasteiger partial charge in [0.05, 0.1) is 3.57 Å². The molecule has 18 heavy (non-hydrogen) atoms. The van der Waals surface area contributed by atoms with Gasteiger partial charge in [0.15, 0.2) is 0 Å². The minimum atomic E-state index is 0.0193. The monoisotopic (exact) mass is 423 g/mol. The van der Waals surface area contributed by atoms with Crippen LogP contribution in [-0.2, 0) is 0 Å². The molecule has 0 aliphatic heterocycles. The molecule has 1 amide bonds. The highest BCUT2D eigenvalue weighted by atomic mass is 127. The SMILES string of the molecule is O=C(c1ccc(I)c(O)c1)N(CCBr)C1CCC1. The summed E-state index contributed by atoms with van der Waals surface area (Å²) in [6, 6.07) is 5.49. The third-order valence-corrected chi connectivity index (χ3v) is 4.56. The van der Waals surface area contributed by atoms with E-state index >= 15 is 0 Å². The maximum absolute atomic E-state index is 12.4. The molecule has 1 N–H and O–H groups in total. The molecule has 1 aliphatic carbocycles. The normalized spacial score (nSPS) is 15.2. The van der Waals surface area contributed by atoms with Crippen molar-refractivity contribution in [3.63, 3.8) is 0 Å². The Balaban J connectivity index is 2.18. The first-order chi connectivity index (χ1) is 8.63. The second-order valence-corrected chi connectivity index (χ2v) is 6.39. The van der Waals surface area contributed by atoms with Gasteiger partial charge in [-0.2, -0.15) is 0 Å². The number of hydrogen-bond donors (Lipinski definition) is 1. The Labute approximate surface area is 129 Å².